The minimum atomic E-state index is -0.235. The van der Waals surface area contributed by atoms with Gasteiger partial charge in [0.25, 0.3) is 5.91 Å². The Balaban J connectivity index is 1.59. The molecule has 140 valence electrons. The maximum Gasteiger partial charge on any atom is 0.255 e. The van der Waals surface area contributed by atoms with Gasteiger partial charge in [0.05, 0.1) is 11.6 Å². The van der Waals surface area contributed by atoms with E-state index in [-0.39, 0.29) is 5.91 Å². The molecule has 4 aromatic rings. The van der Waals surface area contributed by atoms with Gasteiger partial charge in [0.15, 0.2) is 5.58 Å². The van der Waals surface area contributed by atoms with Gasteiger partial charge in [-0.05, 0) is 70.5 Å². The zero-order valence-corrected chi connectivity index (χ0v) is 17.0. The first-order chi connectivity index (χ1) is 13.5. The largest absolute Gasteiger partial charge is 0.496 e. The van der Waals surface area contributed by atoms with Gasteiger partial charge in [0, 0.05) is 21.8 Å². The molecule has 0 aliphatic carbocycles. The molecule has 1 heterocycles. The molecule has 1 aromatic heterocycles. The first-order valence-electron chi connectivity index (χ1n) is 8.35. The van der Waals surface area contributed by atoms with Crippen LogP contribution in [-0.2, 0) is 0 Å². The molecule has 0 spiro atoms. The van der Waals surface area contributed by atoms with E-state index in [1.165, 1.54) is 0 Å². The lowest BCUT2D eigenvalue weighted by Gasteiger charge is -2.07. The van der Waals surface area contributed by atoms with Crippen molar-refractivity contribution < 1.29 is 13.9 Å². The number of anilines is 1. The molecule has 0 bridgehead atoms. The third-order valence-corrected chi connectivity index (χ3v) is 4.99. The summed E-state index contributed by atoms with van der Waals surface area (Å²) in [5.74, 6) is 0.899. The molecule has 3 aromatic carbocycles. The van der Waals surface area contributed by atoms with E-state index in [1.54, 1.807) is 55.6 Å². The molecule has 0 atom stereocenters. The van der Waals surface area contributed by atoms with E-state index in [1.807, 2.05) is 12.1 Å². The van der Waals surface area contributed by atoms with Crippen molar-refractivity contribution >= 4 is 50.2 Å². The molecule has 0 unspecified atom stereocenters. The topological polar surface area (TPSA) is 64.4 Å². The van der Waals surface area contributed by atoms with E-state index in [9.17, 15) is 4.79 Å². The van der Waals surface area contributed by atoms with Gasteiger partial charge in [-0.2, -0.15) is 0 Å². The molecule has 0 aliphatic rings. The molecule has 1 amide bonds. The lowest BCUT2D eigenvalue weighted by atomic mass is 10.2. The van der Waals surface area contributed by atoms with Crippen LogP contribution in [0.3, 0.4) is 0 Å². The van der Waals surface area contributed by atoms with Crippen LogP contribution in [0, 0.1) is 0 Å². The number of hydrogen-bond donors (Lipinski definition) is 1. The highest BCUT2D eigenvalue weighted by atomic mass is 79.9. The van der Waals surface area contributed by atoms with Crippen molar-refractivity contribution in [1.29, 1.82) is 0 Å². The number of fused-ring (bicyclic) bond motifs is 1. The minimum absolute atomic E-state index is 0.235. The van der Waals surface area contributed by atoms with E-state index < -0.39 is 0 Å². The average molecular weight is 458 g/mol. The molecule has 28 heavy (non-hydrogen) atoms. The van der Waals surface area contributed by atoms with Gasteiger partial charge < -0.3 is 14.5 Å². The molecular weight excluding hydrogens is 444 g/mol. The molecule has 4 rings (SSSR count). The first-order valence-corrected chi connectivity index (χ1v) is 9.52. The maximum absolute atomic E-state index is 12.5. The number of rotatable bonds is 4. The molecule has 5 nitrogen and oxygen atoms in total. The van der Waals surface area contributed by atoms with Crippen LogP contribution in [0.2, 0.25) is 5.02 Å². The highest BCUT2D eigenvalue weighted by Crippen LogP contribution is 2.29. The summed E-state index contributed by atoms with van der Waals surface area (Å²) in [6, 6.07) is 17.7. The molecule has 0 radical (unpaired) electrons. The van der Waals surface area contributed by atoms with Crippen molar-refractivity contribution in [2.75, 3.05) is 12.4 Å². The van der Waals surface area contributed by atoms with Crippen molar-refractivity contribution in [3.63, 3.8) is 0 Å². The van der Waals surface area contributed by atoms with Crippen LogP contribution >= 0.6 is 27.5 Å². The average Bonchev–Trinajstić information content (AvgIpc) is 3.11. The Morgan fingerprint density at radius 2 is 2.00 bits per heavy atom. The summed E-state index contributed by atoms with van der Waals surface area (Å²) < 4.78 is 11.7. The second-order valence-corrected chi connectivity index (χ2v) is 7.31. The van der Waals surface area contributed by atoms with Gasteiger partial charge in [0.1, 0.15) is 11.3 Å². The fraction of sp³-hybridized carbons (Fsp3) is 0.0476. The fourth-order valence-electron chi connectivity index (χ4n) is 2.76. The zero-order valence-electron chi connectivity index (χ0n) is 14.7. The Morgan fingerprint density at radius 3 is 2.75 bits per heavy atom. The number of benzene rings is 3. The number of nitrogens with zero attached hydrogens (tertiary/aromatic N) is 1. The Morgan fingerprint density at radius 1 is 1.14 bits per heavy atom. The van der Waals surface area contributed by atoms with Crippen LogP contribution in [0.4, 0.5) is 5.69 Å². The van der Waals surface area contributed by atoms with Gasteiger partial charge in [-0.3, -0.25) is 4.79 Å². The van der Waals surface area contributed by atoms with Crippen LogP contribution in [0.25, 0.3) is 22.6 Å². The van der Waals surface area contributed by atoms with Crippen LogP contribution in [0.5, 0.6) is 5.75 Å². The number of aromatic nitrogens is 1. The van der Waals surface area contributed by atoms with Gasteiger partial charge in [-0.25, -0.2) is 4.98 Å². The number of carbonyl (C=O) groups is 1. The number of methoxy groups -OCH3 is 1. The SMILES string of the molecule is COc1ccc(C(=O)Nc2ccc3oc(-c4cccc(Cl)c4)nc3c2)cc1Br. The Hall–Kier alpha value is -2.83. The molecule has 7 heteroatoms. The number of oxazole rings is 1. The Kier molecular flexibility index (Phi) is 5.07. The molecule has 0 saturated carbocycles. The first kappa shape index (κ1) is 18.5. The van der Waals surface area contributed by atoms with Crippen molar-refractivity contribution in [2.45, 2.75) is 0 Å². The van der Waals surface area contributed by atoms with Crippen molar-refractivity contribution in [3.8, 4) is 17.2 Å². The summed E-state index contributed by atoms with van der Waals surface area (Å²) in [5, 5.41) is 3.48. The summed E-state index contributed by atoms with van der Waals surface area (Å²) in [4.78, 5) is 17.0. The second-order valence-electron chi connectivity index (χ2n) is 6.02. The van der Waals surface area contributed by atoms with Gasteiger partial charge >= 0.3 is 0 Å². The number of hydrogen-bond acceptors (Lipinski definition) is 4. The van der Waals surface area contributed by atoms with Crippen LogP contribution < -0.4 is 10.1 Å². The predicted octanol–water partition coefficient (Wildman–Crippen LogP) is 6.17. The van der Waals surface area contributed by atoms with E-state index >= 15 is 0 Å². The third kappa shape index (κ3) is 3.74. The van der Waals surface area contributed by atoms with Crippen molar-refractivity contribution in [3.05, 3.63) is 75.7 Å². The highest BCUT2D eigenvalue weighted by molar-refractivity contribution is 9.10. The highest BCUT2D eigenvalue weighted by Gasteiger charge is 2.12. The second kappa shape index (κ2) is 7.66. The summed E-state index contributed by atoms with van der Waals surface area (Å²) in [6.45, 7) is 0. The lowest BCUT2D eigenvalue weighted by Crippen LogP contribution is -2.11. The third-order valence-electron chi connectivity index (χ3n) is 4.13. The number of carbonyl (C=O) groups excluding carboxylic acids is 1. The van der Waals surface area contributed by atoms with Crippen LogP contribution in [-0.4, -0.2) is 18.0 Å². The minimum Gasteiger partial charge on any atom is -0.496 e. The molecular formula is C21H14BrClN2O3. The zero-order chi connectivity index (χ0) is 19.7. The number of amides is 1. The van der Waals surface area contributed by atoms with Gasteiger partial charge in [-0.15, -0.1) is 0 Å². The smallest absolute Gasteiger partial charge is 0.255 e. The quantitative estimate of drug-likeness (QED) is 0.398. The number of nitrogens with one attached hydrogen (secondary N) is 1. The monoisotopic (exact) mass is 456 g/mol. The summed E-state index contributed by atoms with van der Waals surface area (Å²) in [5.41, 5.74) is 3.18. The Labute approximate surface area is 174 Å². The van der Waals surface area contributed by atoms with E-state index in [0.717, 1.165) is 5.56 Å². The molecule has 0 fully saturated rings. The molecule has 1 N–H and O–H groups in total. The van der Waals surface area contributed by atoms with E-state index in [4.69, 9.17) is 20.8 Å². The molecule has 0 aliphatic heterocycles. The van der Waals surface area contributed by atoms with Crippen molar-refractivity contribution in [1.82, 2.24) is 4.98 Å². The Bertz CT molecular complexity index is 1190. The standard InChI is InChI=1S/C21H14BrClN2O3/c1-27-18-7-5-12(10-16(18)22)20(26)24-15-6-8-19-17(11-15)25-21(28-19)13-3-2-4-14(23)9-13/h2-11H,1H3,(H,24,26). The van der Waals surface area contributed by atoms with E-state index in [2.05, 4.69) is 26.2 Å². The molecule has 0 saturated heterocycles. The number of ether oxygens (including phenoxy) is 1. The maximum atomic E-state index is 12.5. The van der Waals surface area contributed by atoms with Crippen LogP contribution in [0.1, 0.15) is 10.4 Å². The van der Waals surface area contributed by atoms with E-state index in [0.29, 0.717) is 43.5 Å². The lowest BCUT2D eigenvalue weighted by molar-refractivity contribution is 0.102. The fourth-order valence-corrected chi connectivity index (χ4v) is 3.49. The number of halogens is 2. The normalized spacial score (nSPS) is 10.8. The summed E-state index contributed by atoms with van der Waals surface area (Å²) in [6.07, 6.45) is 0. The van der Waals surface area contributed by atoms with Crippen LogP contribution in [0.15, 0.2) is 69.6 Å². The van der Waals surface area contributed by atoms with Gasteiger partial charge in [-0.1, -0.05) is 17.7 Å². The summed E-state index contributed by atoms with van der Waals surface area (Å²) >= 11 is 9.42. The van der Waals surface area contributed by atoms with Crippen molar-refractivity contribution in [2.24, 2.45) is 0 Å². The van der Waals surface area contributed by atoms with Gasteiger partial charge in [0.2, 0.25) is 5.89 Å². The predicted molar refractivity (Wildman–Crippen MR) is 113 cm³/mol. The summed E-state index contributed by atoms with van der Waals surface area (Å²) in [7, 11) is 1.57.